The second kappa shape index (κ2) is 6.45. The van der Waals surface area contributed by atoms with Crippen molar-refractivity contribution >= 4 is 34.8 Å². The molecule has 0 saturated heterocycles. The summed E-state index contributed by atoms with van der Waals surface area (Å²) in [5.41, 5.74) is 0.200. The van der Waals surface area contributed by atoms with Crippen LogP contribution < -0.4 is 0 Å². The molecule has 0 unspecified atom stereocenters. The Hall–Kier alpha value is -0.980. The van der Waals surface area contributed by atoms with Crippen molar-refractivity contribution in [2.45, 2.75) is 39.2 Å². The maximum absolute atomic E-state index is 13.7. The molecule has 0 fully saturated rings. The number of esters is 1. The van der Waals surface area contributed by atoms with Crippen LogP contribution in [0.3, 0.4) is 0 Å². The Labute approximate surface area is 125 Å². The monoisotopic (exact) mass is 378 g/mol. The normalized spacial score (nSPS) is 11.2. The van der Waals surface area contributed by atoms with Gasteiger partial charge in [0.2, 0.25) is 0 Å². The van der Waals surface area contributed by atoms with Crippen molar-refractivity contribution in [3.8, 4) is 0 Å². The zero-order valence-corrected chi connectivity index (χ0v) is 13.3. The summed E-state index contributed by atoms with van der Waals surface area (Å²) in [6.07, 6.45) is 0.989. The SMILES string of the molecule is CC(C)(C)OC(=O)CCc1cc(I)c(C=O)cc1F. The molecule has 0 amide bonds. The van der Waals surface area contributed by atoms with Gasteiger partial charge in [-0.25, -0.2) is 4.39 Å². The molecule has 0 heterocycles. The van der Waals surface area contributed by atoms with Crippen molar-refractivity contribution < 1.29 is 18.7 Å². The molecule has 0 aliphatic rings. The first kappa shape index (κ1) is 16.1. The highest BCUT2D eigenvalue weighted by molar-refractivity contribution is 14.1. The van der Waals surface area contributed by atoms with Crippen LogP contribution in [-0.4, -0.2) is 17.9 Å². The van der Waals surface area contributed by atoms with E-state index >= 15 is 0 Å². The summed E-state index contributed by atoms with van der Waals surface area (Å²) in [4.78, 5) is 22.2. The maximum Gasteiger partial charge on any atom is 0.306 e. The largest absolute Gasteiger partial charge is 0.460 e. The third-order valence-electron chi connectivity index (χ3n) is 2.31. The van der Waals surface area contributed by atoms with E-state index in [1.165, 1.54) is 6.07 Å². The van der Waals surface area contributed by atoms with E-state index in [0.717, 1.165) is 0 Å². The first-order valence-electron chi connectivity index (χ1n) is 5.88. The molecule has 0 aromatic heterocycles. The van der Waals surface area contributed by atoms with Gasteiger partial charge in [-0.1, -0.05) is 0 Å². The number of carbonyl (C=O) groups excluding carboxylic acids is 2. The molecule has 0 saturated carbocycles. The number of hydrogen-bond donors (Lipinski definition) is 0. The maximum atomic E-state index is 13.7. The van der Waals surface area contributed by atoms with Crippen LogP contribution in [0.25, 0.3) is 0 Å². The zero-order valence-electron chi connectivity index (χ0n) is 11.1. The van der Waals surface area contributed by atoms with Crippen LogP contribution in [0.2, 0.25) is 0 Å². The number of hydrogen-bond acceptors (Lipinski definition) is 3. The van der Waals surface area contributed by atoms with Crippen molar-refractivity contribution in [2.75, 3.05) is 0 Å². The minimum Gasteiger partial charge on any atom is -0.460 e. The van der Waals surface area contributed by atoms with E-state index in [1.54, 1.807) is 26.8 Å². The Bertz CT molecular complexity index is 492. The first-order chi connectivity index (χ1) is 8.73. The Morgan fingerprint density at radius 1 is 1.42 bits per heavy atom. The van der Waals surface area contributed by atoms with Crippen LogP contribution in [0.5, 0.6) is 0 Å². The van der Waals surface area contributed by atoms with Crippen LogP contribution in [0.4, 0.5) is 4.39 Å². The van der Waals surface area contributed by atoms with E-state index in [2.05, 4.69) is 0 Å². The lowest BCUT2D eigenvalue weighted by Gasteiger charge is -2.19. The lowest BCUT2D eigenvalue weighted by molar-refractivity contribution is -0.154. The smallest absolute Gasteiger partial charge is 0.306 e. The van der Waals surface area contributed by atoms with Gasteiger partial charge in [-0.15, -0.1) is 0 Å². The van der Waals surface area contributed by atoms with E-state index in [9.17, 15) is 14.0 Å². The van der Waals surface area contributed by atoms with Crippen molar-refractivity contribution in [2.24, 2.45) is 0 Å². The molecule has 19 heavy (non-hydrogen) atoms. The summed E-state index contributed by atoms with van der Waals surface area (Å²) in [6.45, 7) is 5.36. The van der Waals surface area contributed by atoms with Crippen LogP contribution in [0.1, 0.15) is 43.1 Å². The zero-order chi connectivity index (χ0) is 14.6. The van der Waals surface area contributed by atoms with Crippen molar-refractivity contribution in [3.63, 3.8) is 0 Å². The summed E-state index contributed by atoms with van der Waals surface area (Å²) >= 11 is 1.97. The molecule has 1 aromatic rings. The molecule has 1 rings (SSSR count). The Kier molecular flexibility index (Phi) is 5.46. The van der Waals surface area contributed by atoms with E-state index in [-0.39, 0.29) is 18.8 Å². The average molecular weight is 378 g/mol. The van der Waals surface area contributed by atoms with E-state index in [0.29, 0.717) is 21.0 Å². The first-order valence-corrected chi connectivity index (χ1v) is 6.96. The van der Waals surface area contributed by atoms with Gasteiger partial charge in [0.25, 0.3) is 0 Å². The second-order valence-electron chi connectivity index (χ2n) is 5.17. The van der Waals surface area contributed by atoms with Crippen molar-refractivity contribution in [1.82, 2.24) is 0 Å². The summed E-state index contributed by atoms with van der Waals surface area (Å²) < 4.78 is 19.5. The topological polar surface area (TPSA) is 43.4 Å². The number of aryl methyl sites for hydroxylation is 1. The van der Waals surface area contributed by atoms with Crippen molar-refractivity contribution in [1.29, 1.82) is 0 Å². The molecule has 0 aliphatic heterocycles. The molecular weight excluding hydrogens is 362 g/mol. The Morgan fingerprint density at radius 3 is 2.58 bits per heavy atom. The molecule has 5 heteroatoms. The number of benzene rings is 1. The number of aldehydes is 1. The van der Waals surface area contributed by atoms with Gasteiger partial charge in [0.1, 0.15) is 11.4 Å². The number of rotatable bonds is 4. The molecule has 0 spiro atoms. The highest BCUT2D eigenvalue weighted by atomic mass is 127. The highest BCUT2D eigenvalue weighted by Crippen LogP contribution is 2.19. The molecule has 0 N–H and O–H groups in total. The quantitative estimate of drug-likeness (QED) is 0.458. The molecule has 3 nitrogen and oxygen atoms in total. The molecular formula is C14H16FIO3. The fourth-order valence-corrected chi connectivity index (χ4v) is 2.17. The van der Waals surface area contributed by atoms with Gasteiger partial charge in [0, 0.05) is 15.6 Å². The van der Waals surface area contributed by atoms with E-state index < -0.39 is 11.4 Å². The predicted molar refractivity (Wildman–Crippen MR) is 78.7 cm³/mol. The van der Waals surface area contributed by atoms with Gasteiger partial charge in [-0.3, -0.25) is 9.59 Å². The third kappa shape index (κ3) is 5.26. The summed E-state index contributed by atoms with van der Waals surface area (Å²) in [5, 5.41) is 0. The predicted octanol–water partition coefficient (Wildman–Crippen LogP) is 3.52. The minimum atomic E-state index is -0.536. The Balaban J connectivity index is 2.71. The summed E-state index contributed by atoms with van der Waals surface area (Å²) in [6, 6.07) is 2.78. The number of ether oxygens (including phenoxy) is 1. The lowest BCUT2D eigenvalue weighted by atomic mass is 10.1. The number of carbonyl (C=O) groups is 2. The fourth-order valence-electron chi connectivity index (χ4n) is 1.51. The minimum absolute atomic E-state index is 0.116. The Morgan fingerprint density at radius 2 is 2.05 bits per heavy atom. The van der Waals surface area contributed by atoms with Gasteiger partial charge in [-0.05, 0) is 67.5 Å². The average Bonchev–Trinajstić information content (AvgIpc) is 2.27. The van der Waals surface area contributed by atoms with Gasteiger partial charge in [0.15, 0.2) is 6.29 Å². The van der Waals surface area contributed by atoms with E-state index in [1.807, 2.05) is 22.6 Å². The van der Waals surface area contributed by atoms with Gasteiger partial charge < -0.3 is 4.74 Å². The molecule has 1 aromatic carbocycles. The third-order valence-corrected chi connectivity index (χ3v) is 3.25. The highest BCUT2D eigenvalue weighted by Gasteiger charge is 2.17. The number of halogens is 2. The van der Waals surface area contributed by atoms with Crippen LogP contribution in [0, 0.1) is 9.39 Å². The van der Waals surface area contributed by atoms with Gasteiger partial charge >= 0.3 is 5.97 Å². The standard InChI is InChI=1S/C14H16FIO3/c1-14(2,3)19-13(18)5-4-9-7-12(16)10(8-17)6-11(9)15/h6-8H,4-5H2,1-3H3. The molecule has 0 radical (unpaired) electrons. The summed E-state index contributed by atoms with van der Waals surface area (Å²) in [5.74, 6) is -0.826. The van der Waals surface area contributed by atoms with Crippen LogP contribution in [0.15, 0.2) is 12.1 Å². The molecule has 0 atom stereocenters. The van der Waals surface area contributed by atoms with Crippen molar-refractivity contribution in [3.05, 3.63) is 32.6 Å². The lowest BCUT2D eigenvalue weighted by Crippen LogP contribution is -2.24. The molecule has 104 valence electrons. The molecule has 0 aliphatic carbocycles. The second-order valence-corrected chi connectivity index (χ2v) is 6.33. The summed E-state index contributed by atoms with van der Waals surface area (Å²) in [7, 11) is 0. The van der Waals surface area contributed by atoms with E-state index in [4.69, 9.17) is 4.74 Å². The molecule has 0 bridgehead atoms. The van der Waals surface area contributed by atoms with Crippen LogP contribution >= 0.6 is 22.6 Å². The van der Waals surface area contributed by atoms with Gasteiger partial charge in [0.05, 0.1) is 0 Å². The fraction of sp³-hybridized carbons (Fsp3) is 0.429. The van der Waals surface area contributed by atoms with Gasteiger partial charge in [-0.2, -0.15) is 0 Å². The van der Waals surface area contributed by atoms with Crippen LogP contribution in [-0.2, 0) is 16.0 Å².